The van der Waals surface area contributed by atoms with Gasteiger partial charge in [-0.25, -0.2) is 0 Å². The van der Waals surface area contributed by atoms with Crippen LogP contribution in [0.5, 0.6) is 11.5 Å². The molecule has 22 heavy (non-hydrogen) atoms. The van der Waals surface area contributed by atoms with Crippen LogP contribution >= 0.6 is 0 Å². The second kappa shape index (κ2) is 4.72. The van der Waals surface area contributed by atoms with E-state index in [9.17, 15) is 9.59 Å². The third-order valence-electron chi connectivity index (χ3n) is 3.48. The first-order valence-electron chi connectivity index (χ1n) is 6.60. The van der Waals surface area contributed by atoms with E-state index in [4.69, 9.17) is 9.47 Å². The first-order valence-corrected chi connectivity index (χ1v) is 6.60. The summed E-state index contributed by atoms with van der Waals surface area (Å²) in [5.74, 6) is 0.878. The number of anilines is 2. The van der Waals surface area contributed by atoms with Crippen LogP contribution in [0.2, 0.25) is 0 Å². The maximum atomic E-state index is 12.4. The summed E-state index contributed by atoms with van der Waals surface area (Å²) in [4.78, 5) is 24.1. The van der Waals surface area contributed by atoms with Crippen LogP contribution in [-0.2, 0) is 9.59 Å². The second-order valence-corrected chi connectivity index (χ2v) is 4.89. The minimum absolute atomic E-state index is 0.0292. The van der Waals surface area contributed by atoms with Gasteiger partial charge >= 0.3 is 0 Å². The lowest BCUT2D eigenvalue weighted by Gasteiger charge is -2.23. The molecule has 0 bridgehead atoms. The maximum absolute atomic E-state index is 12.4. The predicted molar refractivity (Wildman–Crippen MR) is 73.5 cm³/mol. The SMILES string of the molecule is O=C1C[C@H](C(=O)Nc2ccc3c(c2)OCO3)n2cnnc2N1. The zero-order chi connectivity index (χ0) is 15.1. The van der Waals surface area contributed by atoms with Crippen LogP contribution in [0.25, 0.3) is 0 Å². The fraction of sp³-hybridized carbons (Fsp3) is 0.231. The summed E-state index contributed by atoms with van der Waals surface area (Å²) < 4.78 is 12.0. The van der Waals surface area contributed by atoms with Crippen molar-refractivity contribution >= 4 is 23.5 Å². The highest BCUT2D eigenvalue weighted by atomic mass is 16.7. The highest BCUT2D eigenvalue weighted by Crippen LogP contribution is 2.34. The van der Waals surface area contributed by atoms with Crippen molar-refractivity contribution in [3.8, 4) is 11.5 Å². The average Bonchev–Trinajstić information content (AvgIpc) is 3.13. The van der Waals surface area contributed by atoms with Gasteiger partial charge in [-0.15, -0.1) is 10.2 Å². The Hall–Kier alpha value is -3.10. The van der Waals surface area contributed by atoms with Crippen LogP contribution in [-0.4, -0.2) is 33.4 Å². The Labute approximate surface area is 124 Å². The summed E-state index contributed by atoms with van der Waals surface area (Å²) >= 11 is 0. The average molecular weight is 301 g/mol. The molecular formula is C13H11N5O4. The van der Waals surface area contributed by atoms with Crippen molar-refractivity contribution in [3.05, 3.63) is 24.5 Å². The number of nitrogens with one attached hydrogen (secondary N) is 2. The number of hydrogen-bond acceptors (Lipinski definition) is 6. The first-order chi connectivity index (χ1) is 10.7. The number of carbonyl (C=O) groups excluding carboxylic acids is 2. The minimum atomic E-state index is -0.691. The Bertz CT molecular complexity index is 772. The highest BCUT2D eigenvalue weighted by molar-refractivity contribution is 6.00. The number of ether oxygens (including phenoxy) is 2. The van der Waals surface area contributed by atoms with Gasteiger partial charge in [0.2, 0.25) is 24.6 Å². The van der Waals surface area contributed by atoms with E-state index in [-0.39, 0.29) is 31.0 Å². The molecular weight excluding hydrogens is 290 g/mol. The molecule has 2 aliphatic rings. The van der Waals surface area contributed by atoms with Gasteiger partial charge in [0.1, 0.15) is 12.4 Å². The lowest BCUT2D eigenvalue weighted by atomic mass is 10.1. The van der Waals surface area contributed by atoms with Crippen molar-refractivity contribution in [1.29, 1.82) is 0 Å². The number of hydrogen-bond donors (Lipinski definition) is 2. The molecule has 2 aliphatic heterocycles. The summed E-state index contributed by atoms with van der Waals surface area (Å²) in [6, 6.07) is 4.41. The van der Waals surface area contributed by atoms with E-state index in [0.29, 0.717) is 17.2 Å². The van der Waals surface area contributed by atoms with Gasteiger partial charge in [0, 0.05) is 11.8 Å². The van der Waals surface area contributed by atoms with Crippen LogP contribution < -0.4 is 20.1 Å². The van der Waals surface area contributed by atoms with Gasteiger partial charge in [-0.1, -0.05) is 0 Å². The van der Waals surface area contributed by atoms with E-state index in [1.165, 1.54) is 10.9 Å². The van der Waals surface area contributed by atoms with E-state index in [0.717, 1.165) is 0 Å². The molecule has 9 nitrogen and oxygen atoms in total. The van der Waals surface area contributed by atoms with Gasteiger partial charge in [0.15, 0.2) is 11.5 Å². The Morgan fingerprint density at radius 3 is 3.14 bits per heavy atom. The number of benzene rings is 1. The molecule has 0 unspecified atom stereocenters. The third kappa shape index (κ3) is 2.03. The zero-order valence-corrected chi connectivity index (χ0v) is 11.3. The monoisotopic (exact) mass is 301 g/mol. The smallest absolute Gasteiger partial charge is 0.248 e. The van der Waals surface area contributed by atoms with E-state index in [1.807, 2.05) is 0 Å². The lowest BCUT2D eigenvalue weighted by molar-refractivity contribution is -0.125. The van der Waals surface area contributed by atoms with E-state index < -0.39 is 6.04 Å². The molecule has 2 aromatic rings. The van der Waals surface area contributed by atoms with Crippen LogP contribution in [0.1, 0.15) is 12.5 Å². The highest BCUT2D eigenvalue weighted by Gasteiger charge is 2.31. The van der Waals surface area contributed by atoms with Crippen molar-refractivity contribution in [3.63, 3.8) is 0 Å². The van der Waals surface area contributed by atoms with Gasteiger partial charge in [0.05, 0.1) is 6.42 Å². The van der Waals surface area contributed by atoms with Gasteiger partial charge in [0.25, 0.3) is 0 Å². The normalized spacial score (nSPS) is 18.5. The lowest BCUT2D eigenvalue weighted by Crippen LogP contribution is -2.35. The number of rotatable bonds is 2. The molecule has 0 aliphatic carbocycles. The molecule has 1 atom stereocenters. The van der Waals surface area contributed by atoms with Gasteiger partial charge < -0.3 is 14.8 Å². The molecule has 0 saturated carbocycles. The van der Waals surface area contributed by atoms with Gasteiger partial charge in [-0.05, 0) is 12.1 Å². The molecule has 112 valence electrons. The molecule has 0 spiro atoms. The van der Waals surface area contributed by atoms with Crippen molar-refractivity contribution in [2.75, 3.05) is 17.4 Å². The first kappa shape index (κ1) is 12.6. The Balaban J connectivity index is 1.57. The van der Waals surface area contributed by atoms with Crippen LogP contribution in [0.4, 0.5) is 11.6 Å². The molecule has 0 fully saturated rings. The molecule has 1 aromatic carbocycles. The van der Waals surface area contributed by atoms with Crippen molar-refractivity contribution in [2.45, 2.75) is 12.5 Å². The summed E-state index contributed by atoms with van der Waals surface area (Å²) in [6.45, 7) is 0.166. The Morgan fingerprint density at radius 1 is 1.36 bits per heavy atom. The molecule has 1 aromatic heterocycles. The van der Waals surface area contributed by atoms with Crippen molar-refractivity contribution in [2.24, 2.45) is 0 Å². The van der Waals surface area contributed by atoms with Crippen molar-refractivity contribution in [1.82, 2.24) is 14.8 Å². The summed E-state index contributed by atoms with van der Waals surface area (Å²) in [6.07, 6.45) is 1.44. The Morgan fingerprint density at radius 2 is 2.23 bits per heavy atom. The molecule has 9 heteroatoms. The van der Waals surface area contributed by atoms with Gasteiger partial charge in [-0.3, -0.25) is 19.5 Å². The number of fused-ring (bicyclic) bond motifs is 2. The summed E-state index contributed by atoms with van der Waals surface area (Å²) in [5, 5.41) is 12.8. The number of amides is 2. The van der Waals surface area contributed by atoms with E-state index >= 15 is 0 Å². The van der Waals surface area contributed by atoms with Crippen LogP contribution in [0.3, 0.4) is 0 Å². The number of nitrogens with zero attached hydrogens (tertiary/aromatic N) is 3. The molecule has 0 radical (unpaired) electrons. The maximum Gasteiger partial charge on any atom is 0.248 e. The Kier molecular flexibility index (Phi) is 2.71. The van der Waals surface area contributed by atoms with Crippen LogP contribution in [0.15, 0.2) is 24.5 Å². The summed E-state index contributed by atoms with van der Waals surface area (Å²) in [7, 11) is 0. The second-order valence-electron chi connectivity index (χ2n) is 4.89. The molecule has 4 rings (SSSR count). The zero-order valence-electron chi connectivity index (χ0n) is 11.3. The fourth-order valence-electron chi connectivity index (χ4n) is 2.43. The third-order valence-corrected chi connectivity index (χ3v) is 3.48. The molecule has 2 N–H and O–H groups in total. The number of aromatic nitrogens is 3. The molecule has 3 heterocycles. The van der Waals surface area contributed by atoms with Gasteiger partial charge in [-0.2, -0.15) is 0 Å². The number of carbonyl (C=O) groups is 2. The summed E-state index contributed by atoms with van der Waals surface area (Å²) in [5.41, 5.74) is 0.565. The molecule has 0 saturated heterocycles. The van der Waals surface area contributed by atoms with E-state index in [1.54, 1.807) is 18.2 Å². The van der Waals surface area contributed by atoms with Crippen molar-refractivity contribution < 1.29 is 19.1 Å². The minimum Gasteiger partial charge on any atom is -0.454 e. The topological polar surface area (TPSA) is 107 Å². The van der Waals surface area contributed by atoms with Crippen LogP contribution in [0, 0.1) is 0 Å². The quantitative estimate of drug-likeness (QED) is 0.837. The fourth-order valence-corrected chi connectivity index (χ4v) is 2.43. The predicted octanol–water partition coefficient (Wildman–Crippen LogP) is 0.529. The largest absolute Gasteiger partial charge is 0.454 e. The molecule has 2 amide bonds. The van der Waals surface area contributed by atoms with E-state index in [2.05, 4.69) is 20.8 Å². The standard InChI is InChI=1S/C13H11N5O4/c19-11-4-8(18-5-14-17-13(18)16-11)12(20)15-7-1-2-9-10(3-7)22-6-21-9/h1-3,5,8H,4,6H2,(H,15,20)(H,16,17,19)/t8-/m1/s1.